The van der Waals surface area contributed by atoms with Gasteiger partial charge in [0.05, 0.1) is 6.42 Å². The molecular weight excluding hydrogens is 212 g/mol. The predicted molar refractivity (Wildman–Crippen MR) is 72.7 cm³/mol. The van der Waals surface area contributed by atoms with Gasteiger partial charge in [0.2, 0.25) is 0 Å². The molecule has 0 aromatic carbocycles. The highest BCUT2D eigenvalue weighted by molar-refractivity contribution is 5.71. The zero-order chi connectivity index (χ0) is 12.8. The van der Waals surface area contributed by atoms with Crippen molar-refractivity contribution in [1.82, 2.24) is 0 Å². The normalized spacial score (nSPS) is 11.6. The summed E-state index contributed by atoms with van der Waals surface area (Å²) in [5.74, 6) is -0.210. The second-order valence-corrected chi connectivity index (χ2v) is 3.48. The minimum atomic E-state index is -0.210. The van der Waals surface area contributed by atoms with Crippen molar-refractivity contribution in [3.05, 3.63) is 49.1 Å². The van der Waals surface area contributed by atoms with Gasteiger partial charge in [-0.2, -0.15) is 0 Å². The Morgan fingerprint density at radius 3 is 2.47 bits per heavy atom. The van der Waals surface area contributed by atoms with Crippen molar-refractivity contribution in [2.45, 2.75) is 32.6 Å². The lowest BCUT2D eigenvalue weighted by atomic mass is 10.2. The van der Waals surface area contributed by atoms with Crippen molar-refractivity contribution < 1.29 is 9.53 Å². The van der Waals surface area contributed by atoms with E-state index in [-0.39, 0.29) is 5.97 Å². The quantitative estimate of drug-likeness (QED) is 0.261. The molecule has 0 N–H and O–H groups in total. The number of ether oxygens (including phenoxy) is 1. The third-order valence-electron chi connectivity index (χ3n) is 1.97. The minimum Gasteiger partial charge on any atom is -0.461 e. The number of hydrogen-bond acceptors (Lipinski definition) is 2. The van der Waals surface area contributed by atoms with Gasteiger partial charge in [-0.05, 0) is 19.3 Å². The van der Waals surface area contributed by atoms with Crippen LogP contribution in [-0.2, 0) is 9.53 Å². The third kappa shape index (κ3) is 12.4. The number of unbranched alkanes of at least 4 members (excludes halogenated alkanes) is 1. The molecule has 0 aromatic rings. The van der Waals surface area contributed by atoms with Crippen LogP contribution in [-0.4, -0.2) is 12.6 Å². The largest absolute Gasteiger partial charge is 0.461 e. The molecular formula is C15H22O2. The number of carbonyl (C=O) groups excluding carboxylic acids is 1. The first-order valence-electron chi connectivity index (χ1n) is 6.04. The van der Waals surface area contributed by atoms with E-state index in [1.54, 1.807) is 18.2 Å². The van der Waals surface area contributed by atoms with Crippen LogP contribution in [0.1, 0.15) is 32.6 Å². The van der Waals surface area contributed by atoms with Crippen LogP contribution < -0.4 is 0 Å². The highest BCUT2D eigenvalue weighted by atomic mass is 16.5. The van der Waals surface area contributed by atoms with Crippen LogP contribution in [0.4, 0.5) is 0 Å². The Morgan fingerprint density at radius 1 is 1.12 bits per heavy atom. The van der Waals surface area contributed by atoms with Crippen LogP contribution in [0.15, 0.2) is 49.1 Å². The molecule has 2 nitrogen and oxygen atoms in total. The van der Waals surface area contributed by atoms with E-state index >= 15 is 0 Å². The first-order chi connectivity index (χ1) is 8.31. The second kappa shape index (κ2) is 12.5. The van der Waals surface area contributed by atoms with Crippen molar-refractivity contribution in [3.63, 3.8) is 0 Å². The van der Waals surface area contributed by atoms with E-state index in [9.17, 15) is 4.79 Å². The molecule has 0 spiro atoms. The van der Waals surface area contributed by atoms with Gasteiger partial charge in [-0.1, -0.05) is 56.0 Å². The van der Waals surface area contributed by atoms with Crippen LogP contribution in [0.2, 0.25) is 0 Å². The van der Waals surface area contributed by atoms with Crippen LogP contribution in [0.5, 0.6) is 0 Å². The van der Waals surface area contributed by atoms with Crippen molar-refractivity contribution in [3.8, 4) is 0 Å². The molecule has 0 saturated carbocycles. The van der Waals surface area contributed by atoms with E-state index < -0.39 is 0 Å². The fourth-order valence-corrected chi connectivity index (χ4v) is 1.12. The molecule has 0 atom stereocenters. The molecule has 0 aromatic heterocycles. The predicted octanol–water partition coefficient (Wildman–Crippen LogP) is 3.96. The topological polar surface area (TPSA) is 26.3 Å². The second-order valence-electron chi connectivity index (χ2n) is 3.48. The molecule has 0 unspecified atom stereocenters. The lowest BCUT2D eigenvalue weighted by Crippen LogP contribution is -2.02. The smallest absolute Gasteiger partial charge is 0.309 e. The van der Waals surface area contributed by atoms with Gasteiger partial charge < -0.3 is 4.74 Å². The molecule has 0 fully saturated rings. The maximum atomic E-state index is 11.1. The zero-order valence-corrected chi connectivity index (χ0v) is 10.6. The summed E-state index contributed by atoms with van der Waals surface area (Å²) >= 11 is 0. The van der Waals surface area contributed by atoms with E-state index in [1.165, 1.54) is 0 Å². The van der Waals surface area contributed by atoms with Gasteiger partial charge in [-0.15, -0.1) is 0 Å². The van der Waals surface area contributed by atoms with Crippen molar-refractivity contribution in [1.29, 1.82) is 0 Å². The Balaban J connectivity index is 3.45. The standard InChI is InChI=1S/C15H22O2/c1-3-5-7-8-9-10-12-14-17-15(16)13-11-6-4-2/h4-7,10-12H,2-3,8-9,13-14H2,1H3/b7-5-,11-6+,12-10+. The van der Waals surface area contributed by atoms with E-state index in [2.05, 4.69) is 25.7 Å². The molecule has 0 bridgehead atoms. The van der Waals surface area contributed by atoms with Gasteiger partial charge in [0.25, 0.3) is 0 Å². The average Bonchev–Trinajstić information content (AvgIpc) is 2.33. The van der Waals surface area contributed by atoms with Gasteiger partial charge in [-0.3, -0.25) is 4.79 Å². The van der Waals surface area contributed by atoms with Crippen molar-refractivity contribution in [2.75, 3.05) is 6.61 Å². The Labute approximate surface area is 104 Å². The number of esters is 1. The van der Waals surface area contributed by atoms with Crippen LogP contribution in [0.25, 0.3) is 0 Å². The lowest BCUT2D eigenvalue weighted by Gasteiger charge is -1.97. The van der Waals surface area contributed by atoms with Crippen LogP contribution in [0.3, 0.4) is 0 Å². The first kappa shape index (κ1) is 15.4. The molecule has 94 valence electrons. The Hall–Kier alpha value is -1.57. The van der Waals surface area contributed by atoms with E-state index in [0.717, 1.165) is 19.3 Å². The van der Waals surface area contributed by atoms with Gasteiger partial charge >= 0.3 is 5.97 Å². The summed E-state index contributed by atoms with van der Waals surface area (Å²) in [6, 6.07) is 0. The zero-order valence-electron chi connectivity index (χ0n) is 10.6. The van der Waals surface area contributed by atoms with Crippen LogP contribution >= 0.6 is 0 Å². The molecule has 0 radical (unpaired) electrons. The summed E-state index contributed by atoms with van der Waals surface area (Å²) < 4.78 is 4.99. The Morgan fingerprint density at radius 2 is 1.82 bits per heavy atom. The van der Waals surface area contributed by atoms with E-state index in [0.29, 0.717) is 13.0 Å². The average molecular weight is 234 g/mol. The van der Waals surface area contributed by atoms with Gasteiger partial charge in [0.15, 0.2) is 0 Å². The molecule has 0 aliphatic carbocycles. The summed E-state index contributed by atoms with van der Waals surface area (Å²) in [6.07, 6.45) is 16.8. The van der Waals surface area contributed by atoms with Gasteiger partial charge in [-0.25, -0.2) is 0 Å². The highest BCUT2D eigenvalue weighted by Gasteiger charge is 1.95. The molecule has 0 rings (SSSR count). The van der Waals surface area contributed by atoms with E-state index in [4.69, 9.17) is 4.74 Å². The Kier molecular flexibility index (Phi) is 11.3. The fourth-order valence-electron chi connectivity index (χ4n) is 1.12. The summed E-state index contributed by atoms with van der Waals surface area (Å²) in [6.45, 7) is 6.00. The molecule has 0 aliphatic rings. The van der Waals surface area contributed by atoms with Crippen LogP contribution in [0, 0.1) is 0 Å². The third-order valence-corrected chi connectivity index (χ3v) is 1.97. The number of rotatable bonds is 9. The monoisotopic (exact) mass is 234 g/mol. The maximum absolute atomic E-state index is 11.1. The number of allylic oxidation sites excluding steroid dienone is 5. The number of hydrogen-bond donors (Lipinski definition) is 0. The molecule has 17 heavy (non-hydrogen) atoms. The molecule has 0 saturated heterocycles. The molecule has 0 heterocycles. The minimum absolute atomic E-state index is 0.210. The summed E-state index contributed by atoms with van der Waals surface area (Å²) in [5, 5.41) is 0. The van der Waals surface area contributed by atoms with E-state index in [1.807, 2.05) is 12.2 Å². The first-order valence-corrected chi connectivity index (χ1v) is 6.04. The maximum Gasteiger partial charge on any atom is 0.309 e. The molecule has 2 heteroatoms. The fraction of sp³-hybridized carbons (Fsp3) is 0.400. The summed E-state index contributed by atoms with van der Waals surface area (Å²) in [5.41, 5.74) is 0. The molecule has 0 aliphatic heterocycles. The Bertz CT molecular complexity index is 285. The highest BCUT2D eigenvalue weighted by Crippen LogP contribution is 1.95. The molecule has 0 amide bonds. The SMILES string of the molecule is C=C/C=C/CC(=O)OC/C=C/CC/C=C\CC. The summed E-state index contributed by atoms with van der Waals surface area (Å²) in [4.78, 5) is 11.1. The van der Waals surface area contributed by atoms with Crippen molar-refractivity contribution in [2.24, 2.45) is 0 Å². The van der Waals surface area contributed by atoms with Gasteiger partial charge in [0, 0.05) is 0 Å². The summed E-state index contributed by atoms with van der Waals surface area (Å²) in [7, 11) is 0. The van der Waals surface area contributed by atoms with Crippen molar-refractivity contribution >= 4 is 5.97 Å². The lowest BCUT2D eigenvalue weighted by molar-refractivity contribution is -0.141. The number of carbonyl (C=O) groups is 1. The van der Waals surface area contributed by atoms with Gasteiger partial charge in [0.1, 0.15) is 6.61 Å².